The number of aliphatic hydroxyl groups is 1. The molecule has 0 radical (unpaired) electrons. The zero-order chi connectivity index (χ0) is 21.4. The highest BCUT2D eigenvalue weighted by molar-refractivity contribution is 6.35. The van der Waals surface area contributed by atoms with Gasteiger partial charge in [-0.15, -0.1) is 0 Å². The van der Waals surface area contributed by atoms with Crippen molar-refractivity contribution in [1.82, 2.24) is 0 Å². The van der Waals surface area contributed by atoms with Crippen molar-refractivity contribution in [2.75, 3.05) is 13.2 Å². The molecular formula is C21H24Cl2O6. The van der Waals surface area contributed by atoms with Gasteiger partial charge in [-0.1, -0.05) is 35.3 Å². The first kappa shape index (κ1) is 23.3. The van der Waals surface area contributed by atoms with Gasteiger partial charge in [-0.05, 0) is 49.7 Å². The third-order valence-electron chi connectivity index (χ3n) is 3.82. The van der Waals surface area contributed by atoms with Crippen molar-refractivity contribution in [2.24, 2.45) is 0 Å². The largest absolute Gasteiger partial charge is 0.491 e. The second kappa shape index (κ2) is 11.3. The van der Waals surface area contributed by atoms with Crippen LogP contribution in [0.2, 0.25) is 10.0 Å². The summed E-state index contributed by atoms with van der Waals surface area (Å²) >= 11 is 11.8. The number of carboxylic acid groups (broad SMARTS) is 1. The molecule has 2 rings (SSSR count). The van der Waals surface area contributed by atoms with Gasteiger partial charge >= 0.3 is 5.97 Å². The highest BCUT2D eigenvalue weighted by atomic mass is 35.5. The van der Waals surface area contributed by atoms with Crippen LogP contribution in [0.25, 0.3) is 0 Å². The zero-order valence-electron chi connectivity index (χ0n) is 16.2. The van der Waals surface area contributed by atoms with E-state index in [2.05, 4.69) is 0 Å². The molecule has 8 heteroatoms. The van der Waals surface area contributed by atoms with Crippen molar-refractivity contribution in [3.05, 3.63) is 58.1 Å². The Morgan fingerprint density at radius 2 is 1.69 bits per heavy atom. The fourth-order valence-electron chi connectivity index (χ4n) is 2.48. The van der Waals surface area contributed by atoms with E-state index in [0.29, 0.717) is 21.5 Å². The van der Waals surface area contributed by atoms with Crippen LogP contribution in [0.1, 0.15) is 19.4 Å². The molecule has 2 unspecified atom stereocenters. The summed E-state index contributed by atoms with van der Waals surface area (Å²) in [5.74, 6) is -0.0204. The SMILES string of the molecule is CC(C)OC(Cc1ccc(OCC(O)COc2ccc(Cl)cc2Cl)cc1)C(=O)O. The molecule has 0 heterocycles. The second-order valence-electron chi connectivity index (χ2n) is 6.71. The number of halogens is 2. The number of hydrogen-bond donors (Lipinski definition) is 2. The molecule has 0 saturated heterocycles. The number of carbonyl (C=O) groups is 1. The molecule has 158 valence electrons. The van der Waals surface area contributed by atoms with E-state index in [1.807, 2.05) is 0 Å². The molecule has 0 spiro atoms. The van der Waals surface area contributed by atoms with E-state index >= 15 is 0 Å². The van der Waals surface area contributed by atoms with Crippen LogP contribution in [0, 0.1) is 0 Å². The van der Waals surface area contributed by atoms with Gasteiger partial charge in [-0.3, -0.25) is 0 Å². The van der Waals surface area contributed by atoms with Crippen LogP contribution in [-0.2, 0) is 16.0 Å². The maximum absolute atomic E-state index is 11.3. The molecule has 0 amide bonds. The minimum absolute atomic E-state index is 0.00622. The predicted octanol–water partition coefficient (Wildman–Crippen LogP) is 4.23. The van der Waals surface area contributed by atoms with E-state index in [0.717, 1.165) is 5.56 Å². The van der Waals surface area contributed by atoms with Gasteiger partial charge in [0.1, 0.15) is 30.8 Å². The monoisotopic (exact) mass is 442 g/mol. The van der Waals surface area contributed by atoms with Gasteiger partial charge in [0.2, 0.25) is 0 Å². The molecular weight excluding hydrogens is 419 g/mol. The standard InChI is InChI=1S/C21H24Cl2O6/c1-13(2)29-20(21(25)26)9-14-3-6-17(7-4-14)27-11-16(24)12-28-19-8-5-15(22)10-18(19)23/h3-8,10,13,16,20,24H,9,11-12H2,1-2H3,(H,25,26). The Balaban J connectivity index is 1.80. The van der Waals surface area contributed by atoms with Crippen molar-refractivity contribution in [2.45, 2.75) is 38.6 Å². The van der Waals surface area contributed by atoms with Crippen molar-refractivity contribution in [3.8, 4) is 11.5 Å². The molecule has 0 saturated carbocycles. The molecule has 0 aromatic heterocycles. The third-order valence-corrected chi connectivity index (χ3v) is 4.35. The Hall–Kier alpha value is -1.99. The normalized spacial score (nSPS) is 13.2. The second-order valence-corrected chi connectivity index (χ2v) is 7.55. The smallest absolute Gasteiger partial charge is 0.333 e. The van der Waals surface area contributed by atoms with Crippen LogP contribution in [0.5, 0.6) is 11.5 Å². The van der Waals surface area contributed by atoms with Crippen LogP contribution in [0.3, 0.4) is 0 Å². The predicted molar refractivity (Wildman–Crippen MR) is 111 cm³/mol. The number of ether oxygens (including phenoxy) is 3. The Labute approximate surface area is 179 Å². The lowest BCUT2D eigenvalue weighted by molar-refractivity contribution is -0.153. The Bertz CT molecular complexity index is 794. The molecule has 6 nitrogen and oxygen atoms in total. The zero-order valence-corrected chi connectivity index (χ0v) is 17.7. The summed E-state index contributed by atoms with van der Waals surface area (Å²) in [6.45, 7) is 3.62. The van der Waals surface area contributed by atoms with Gasteiger partial charge in [0.05, 0.1) is 11.1 Å². The molecule has 0 aliphatic heterocycles. The molecule has 29 heavy (non-hydrogen) atoms. The number of carboxylic acids is 1. The number of aliphatic carboxylic acids is 1. The molecule has 0 aliphatic rings. The summed E-state index contributed by atoms with van der Waals surface area (Å²) in [7, 11) is 0. The molecule has 2 aromatic rings. The summed E-state index contributed by atoms with van der Waals surface area (Å²) < 4.78 is 16.4. The van der Waals surface area contributed by atoms with Gasteiger partial charge in [0.25, 0.3) is 0 Å². The van der Waals surface area contributed by atoms with Crippen LogP contribution in [-0.4, -0.2) is 47.7 Å². The number of aliphatic hydroxyl groups excluding tert-OH is 1. The van der Waals surface area contributed by atoms with Gasteiger partial charge < -0.3 is 24.4 Å². The van der Waals surface area contributed by atoms with Crippen molar-refractivity contribution < 1.29 is 29.2 Å². The first-order valence-corrected chi connectivity index (χ1v) is 9.86. The minimum Gasteiger partial charge on any atom is -0.491 e. The van der Waals surface area contributed by atoms with Crippen molar-refractivity contribution in [1.29, 1.82) is 0 Å². The van der Waals surface area contributed by atoms with Crippen molar-refractivity contribution in [3.63, 3.8) is 0 Å². The highest BCUT2D eigenvalue weighted by Gasteiger charge is 2.20. The molecule has 2 atom stereocenters. The molecule has 0 fully saturated rings. The van der Waals surface area contributed by atoms with Crippen LogP contribution in [0.15, 0.2) is 42.5 Å². The number of rotatable bonds is 11. The quantitative estimate of drug-likeness (QED) is 0.541. The lowest BCUT2D eigenvalue weighted by Crippen LogP contribution is -2.29. The summed E-state index contributed by atoms with van der Waals surface area (Å²) in [4.78, 5) is 11.3. The van der Waals surface area contributed by atoms with Gasteiger partial charge in [-0.25, -0.2) is 4.79 Å². The third kappa shape index (κ3) is 8.11. The lowest BCUT2D eigenvalue weighted by Gasteiger charge is -2.17. The molecule has 2 N–H and O–H groups in total. The summed E-state index contributed by atoms with van der Waals surface area (Å²) in [6, 6.07) is 11.8. The first-order chi connectivity index (χ1) is 13.7. The van der Waals surface area contributed by atoms with E-state index < -0.39 is 18.2 Å². The van der Waals surface area contributed by atoms with E-state index in [1.54, 1.807) is 56.3 Å². The molecule has 0 bridgehead atoms. The van der Waals surface area contributed by atoms with Crippen LogP contribution < -0.4 is 9.47 Å². The van der Waals surface area contributed by atoms with E-state index in [9.17, 15) is 15.0 Å². The fourth-order valence-corrected chi connectivity index (χ4v) is 2.94. The first-order valence-electron chi connectivity index (χ1n) is 9.10. The van der Waals surface area contributed by atoms with Crippen molar-refractivity contribution >= 4 is 29.2 Å². The lowest BCUT2D eigenvalue weighted by atomic mass is 10.1. The van der Waals surface area contributed by atoms with E-state index in [1.165, 1.54) is 0 Å². The average Bonchev–Trinajstić information content (AvgIpc) is 2.65. The summed E-state index contributed by atoms with van der Waals surface area (Å²) in [5.41, 5.74) is 0.812. The van der Waals surface area contributed by atoms with Gasteiger partial charge in [0.15, 0.2) is 6.10 Å². The highest BCUT2D eigenvalue weighted by Crippen LogP contribution is 2.27. The minimum atomic E-state index is -0.997. The Morgan fingerprint density at radius 3 is 2.28 bits per heavy atom. The molecule has 2 aromatic carbocycles. The summed E-state index contributed by atoms with van der Waals surface area (Å²) in [5, 5.41) is 20.1. The number of benzene rings is 2. The maximum atomic E-state index is 11.3. The average molecular weight is 443 g/mol. The van der Waals surface area contributed by atoms with Gasteiger partial charge in [0, 0.05) is 11.4 Å². The maximum Gasteiger partial charge on any atom is 0.333 e. The Morgan fingerprint density at radius 1 is 1.03 bits per heavy atom. The topological polar surface area (TPSA) is 85.2 Å². The van der Waals surface area contributed by atoms with Crippen LogP contribution >= 0.6 is 23.2 Å². The number of hydrogen-bond acceptors (Lipinski definition) is 5. The Kier molecular flexibility index (Phi) is 9.04. The summed E-state index contributed by atoms with van der Waals surface area (Å²) in [6.07, 6.45) is -1.69. The van der Waals surface area contributed by atoms with Gasteiger partial charge in [-0.2, -0.15) is 0 Å². The van der Waals surface area contributed by atoms with E-state index in [4.69, 9.17) is 37.4 Å². The fraction of sp³-hybridized carbons (Fsp3) is 0.381. The van der Waals surface area contributed by atoms with Crippen LogP contribution in [0.4, 0.5) is 0 Å². The van der Waals surface area contributed by atoms with E-state index in [-0.39, 0.29) is 25.7 Å². The molecule has 0 aliphatic carbocycles.